The molecule has 0 aromatic heterocycles. The summed E-state index contributed by atoms with van der Waals surface area (Å²) in [5.41, 5.74) is 5.11. The number of hydrogen-bond acceptors (Lipinski definition) is 2. The number of ether oxygens (including phenoxy) is 1. The van der Waals surface area contributed by atoms with Gasteiger partial charge in [-0.25, -0.2) is 0 Å². The first-order chi connectivity index (χ1) is 6.11. The van der Waals surface area contributed by atoms with Crippen molar-refractivity contribution < 1.29 is 4.74 Å². The molecule has 70 valence electrons. The number of rotatable bonds is 3. The van der Waals surface area contributed by atoms with Gasteiger partial charge < -0.3 is 10.5 Å². The molecule has 0 aliphatic carbocycles. The van der Waals surface area contributed by atoms with Crippen LogP contribution in [-0.2, 0) is 0 Å². The first-order valence-electron chi connectivity index (χ1n) is 3.51. The van der Waals surface area contributed by atoms with Crippen molar-refractivity contribution in [2.75, 3.05) is 6.61 Å². The first kappa shape index (κ1) is 10.2. The van der Waals surface area contributed by atoms with Crippen molar-refractivity contribution >= 4 is 29.0 Å². The summed E-state index contributed by atoms with van der Waals surface area (Å²) in [7, 11) is 0. The van der Waals surface area contributed by atoms with Crippen LogP contribution in [0.25, 0.3) is 0 Å². The van der Waals surface area contributed by atoms with Gasteiger partial charge in [-0.15, -0.1) is 0 Å². The Hall–Kier alpha value is -0.930. The maximum Gasteiger partial charge on any atom is 0.145 e. The number of benzene rings is 1. The summed E-state index contributed by atoms with van der Waals surface area (Å²) in [6.07, 6.45) is 0. The molecule has 1 aromatic rings. The first-order valence-corrected chi connectivity index (χ1v) is 4.26. The molecule has 5 heteroatoms. The van der Waals surface area contributed by atoms with Crippen molar-refractivity contribution in [1.29, 1.82) is 5.41 Å². The van der Waals surface area contributed by atoms with E-state index in [-0.39, 0.29) is 12.4 Å². The molecular formula is C8H8Cl2N2O. The van der Waals surface area contributed by atoms with Crippen LogP contribution in [-0.4, -0.2) is 12.4 Å². The van der Waals surface area contributed by atoms with E-state index in [0.717, 1.165) is 0 Å². The summed E-state index contributed by atoms with van der Waals surface area (Å²) in [5.74, 6) is 0.375. The molecule has 1 rings (SSSR count). The lowest BCUT2D eigenvalue weighted by atomic mass is 10.3. The van der Waals surface area contributed by atoms with Crippen LogP contribution in [0.5, 0.6) is 5.75 Å². The van der Waals surface area contributed by atoms with Crippen molar-refractivity contribution in [1.82, 2.24) is 0 Å². The number of hydrogen-bond donors (Lipinski definition) is 2. The molecule has 0 fully saturated rings. The third-order valence-corrected chi connectivity index (χ3v) is 2.10. The molecule has 0 saturated heterocycles. The number of nitrogens with two attached hydrogens (primary N) is 1. The molecule has 1 aromatic carbocycles. The van der Waals surface area contributed by atoms with E-state index in [1.807, 2.05) is 0 Å². The van der Waals surface area contributed by atoms with Gasteiger partial charge in [0.25, 0.3) is 0 Å². The van der Waals surface area contributed by atoms with Gasteiger partial charge in [-0.2, -0.15) is 0 Å². The molecule has 0 amide bonds. The molecule has 0 heterocycles. The Morgan fingerprint density at radius 3 is 2.77 bits per heavy atom. The van der Waals surface area contributed by atoms with Crippen molar-refractivity contribution in [3.63, 3.8) is 0 Å². The maximum atomic E-state index is 6.94. The number of amidine groups is 1. The second kappa shape index (κ2) is 4.35. The highest BCUT2D eigenvalue weighted by Crippen LogP contribution is 2.31. The Labute approximate surface area is 85.9 Å². The fraction of sp³-hybridized carbons (Fsp3) is 0.125. The highest BCUT2D eigenvalue weighted by molar-refractivity contribution is 6.42. The molecule has 0 bridgehead atoms. The molecular weight excluding hydrogens is 211 g/mol. The van der Waals surface area contributed by atoms with Gasteiger partial charge in [-0.3, -0.25) is 5.41 Å². The van der Waals surface area contributed by atoms with E-state index in [4.69, 9.17) is 39.1 Å². The number of nitrogens with one attached hydrogen (secondary N) is 1. The molecule has 3 N–H and O–H groups in total. The average molecular weight is 219 g/mol. The van der Waals surface area contributed by atoms with Gasteiger partial charge in [-0.1, -0.05) is 29.3 Å². The summed E-state index contributed by atoms with van der Waals surface area (Å²) in [4.78, 5) is 0. The van der Waals surface area contributed by atoms with Gasteiger partial charge in [0.1, 0.15) is 23.2 Å². The zero-order valence-electron chi connectivity index (χ0n) is 6.68. The van der Waals surface area contributed by atoms with E-state index in [9.17, 15) is 0 Å². The maximum absolute atomic E-state index is 6.94. The normalized spacial score (nSPS) is 9.69. The lowest BCUT2D eigenvalue weighted by Gasteiger charge is -2.06. The summed E-state index contributed by atoms with van der Waals surface area (Å²) < 4.78 is 5.11. The topological polar surface area (TPSA) is 59.1 Å². The Kier molecular flexibility index (Phi) is 3.39. The molecule has 3 nitrogen and oxygen atoms in total. The average Bonchev–Trinajstić information content (AvgIpc) is 2.07. The fourth-order valence-corrected chi connectivity index (χ4v) is 1.10. The summed E-state index contributed by atoms with van der Waals surface area (Å²) in [6.45, 7) is 0.0140. The van der Waals surface area contributed by atoms with Crippen LogP contribution in [0.1, 0.15) is 0 Å². The van der Waals surface area contributed by atoms with Crippen molar-refractivity contribution in [3.8, 4) is 5.75 Å². The van der Waals surface area contributed by atoms with Crippen LogP contribution in [0.2, 0.25) is 10.0 Å². The van der Waals surface area contributed by atoms with E-state index in [1.54, 1.807) is 18.2 Å². The Morgan fingerprint density at radius 2 is 2.15 bits per heavy atom. The highest BCUT2D eigenvalue weighted by Gasteiger charge is 2.04. The Balaban J connectivity index is 2.77. The summed E-state index contributed by atoms with van der Waals surface area (Å²) >= 11 is 11.5. The van der Waals surface area contributed by atoms with Crippen LogP contribution in [0.4, 0.5) is 0 Å². The van der Waals surface area contributed by atoms with Crippen molar-refractivity contribution in [2.45, 2.75) is 0 Å². The minimum atomic E-state index is -0.0592. The molecule has 13 heavy (non-hydrogen) atoms. The van der Waals surface area contributed by atoms with E-state index in [1.165, 1.54) is 0 Å². The molecule has 0 radical (unpaired) electrons. The Morgan fingerprint density at radius 1 is 1.46 bits per heavy atom. The second-order valence-corrected chi connectivity index (χ2v) is 3.15. The van der Waals surface area contributed by atoms with Crippen molar-refractivity contribution in [2.24, 2.45) is 5.73 Å². The predicted molar refractivity (Wildman–Crippen MR) is 53.9 cm³/mol. The van der Waals surface area contributed by atoms with Crippen LogP contribution < -0.4 is 10.5 Å². The molecule has 0 unspecified atom stereocenters. The van der Waals surface area contributed by atoms with Gasteiger partial charge in [0.15, 0.2) is 0 Å². The van der Waals surface area contributed by atoms with Gasteiger partial charge in [-0.05, 0) is 12.1 Å². The third-order valence-electron chi connectivity index (χ3n) is 1.30. The van der Waals surface area contributed by atoms with Gasteiger partial charge >= 0.3 is 0 Å². The van der Waals surface area contributed by atoms with E-state index in [2.05, 4.69) is 0 Å². The molecule has 0 aliphatic heterocycles. The lowest BCUT2D eigenvalue weighted by molar-refractivity contribution is 0.375. The van der Waals surface area contributed by atoms with Gasteiger partial charge in [0, 0.05) is 0 Å². The third kappa shape index (κ3) is 2.79. The standard InChI is InChI=1S/C8H8Cl2N2O/c9-5-2-1-3-6(8(5)10)13-4-7(11)12/h1-3H,4H2,(H3,11,12). The lowest BCUT2D eigenvalue weighted by Crippen LogP contribution is -2.19. The molecule has 0 saturated carbocycles. The van der Waals surface area contributed by atoms with Crippen LogP contribution in [0, 0.1) is 5.41 Å². The van der Waals surface area contributed by atoms with Crippen LogP contribution >= 0.6 is 23.2 Å². The van der Waals surface area contributed by atoms with Crippen LogP contribution in [0.3, 0.4) is 0 Å². The van der Waals surface area contributed by atoms with E-state index >= 15 is 0 Å². The number of halogens is 2. The summed E-state index contributed by atoms with van der Waals surface area (Å²) in [6, 6.07) is 5.03. The minimum Gasteiger partial charge on any atom is -0.484 e. The fourth-order valence-electron chi connectivity index (χ4n) is 0.751. The minimum absolute atomic E-state index is 0.0140. The molecule has 0 aliphatic rings. The predicted octanol–water partition coefficient (Wildman–Crippen LogP) is 2.31. The zero-order chi connectivity index (χ0) is 9.84. The zero-order valence-corrected chi connectivity index (χ0v) is 8.19. The largest absolute Gasteiger partial charge is 0.484 e. The van der Waals surface area contributed by atoms with E-state index in [0.29, 0.717) is 15.8 Å². The summed E-state index contributed by atoms with van der Waals surface area (Å²) in [5, 5.41) is 7.70. The Bertz CT molecular complexity index is 328. The SMILES string of the molecule is N=C(N)COc1cccc(Cl)c1Cl. The van der Waals surface area contributed by atoms with Crippen molar-refractivity contribution in [3.05, 3.63) is 28.2 Å². The van der Waals surface area contributed by atoms with E-state index < -0.39 is 0 Å². The molecule has 0 atom stereocenters. The smallest absolute Gasteiger partial charge is 0.145 e. The molecule has 0 spiro atoms. The van der Waals surface area contributed by atoms with Gasteiger partial charge in [0.2, 0.25) is 0 Å². The highest BCUT2D eigenvalue weighted by atomic mass is 35.5. The quantitative estimate of drug-likeness (QED) is 0.605. The second-order valence-electron chi connectivity index (χ2n) is 2.37. The van der Waals surface area contributed by atoms with Gasteiger partial charge in [0.05, 0.1) is 5.02 Å². The van der Waals surface area contributed by atoms with Crippen LogP contribution in [0.15, 0.2) is 18.2 Å². The monoisotopic (exact) mass is 218 g/mol.